The van der Waals surface area contributed by atoms with Crippen LogP contribution in [0.5, 0.6) is 0 Å². The Morgan fingerprint density at radius 3 is 2.45 bits per heavy atom. The van der Waals surface area contributed by atoms with E-state index in [4.69, 9.17) is 0 Å². The maximum Gasteiger partial charge on any atom is 0.149 e. The van der Waals surface area contributed by atoms with Crippen LogP contribution in [0.2, 0.25) is 0 Å². The van der Waals surface area contributed by atoms with Crippen LogP contribution in [0.15, 0.2) is 48.5 Å². The van der Waals surface area contributed by atoms with Crippen molar-refractivity contribution in [1.29, 1.82) is 0 Å². The molecule has 0 fully saturated rings. The second kappa shape index (κ2) is 7.03. The predicted molar refractivity (Wildman–Crippen MR) is 86.9 cm³/mol. The minimum atomic E-state index is -3.15. The van der Waals surface area contributed by atoms with Crippen molar-refractivity contribution < 1.29 is 12.8 Å². The number of hydrogen-bond acceptors (Lipinski definition) is 3. The lowest BCUT2D eigenvalue weighted by Gasteiger charge is -2.19. The van der Waals surface area contributed by atoms with Gasteiger partial charge in [-0.05, 0) is 18.6 Å². The van der Waals surface area contributed by atoms with Gasteiger partial charge in [-0.15, -0.1) is 0 Å². The molecule has 0 aliphatic heterocycles. The number of benzene rings is 2. The monoisotopic (exact) mass is 321 g/mol. The second-order valence-corrected chi connectivity index (χ2v) is 7.72. The molecule has 0 spiro atoms. The molecule has 22 heavy (non-hydrogen) atoms. The SMILES string of the molecule is Cc1ccc(F)c(CN[C@H](CS(C)(=O)=O)c2ccccc2)c1. The normalized spacial score (nSPS) is 13.0. The average Bonchev–Trinajstić information content (AvgIpc) is 2.46. The Bertz CT molecular complexity index is 730. The first kappa shape index (κ1) is 16.6. The molecule has 118 valence electrons. The fourth-order valence-corrected chi connectivity index (χ4v) is 3.25. The summed E-state index contributed by atoms with van der Waals surface area (Å²) in [5, 5.41) is 3.16. The van der Waals surface area contributed by atoms with Crippen molar-refractivity contribution in [3.63, 3.8) is 0 Å². The Kier molecular flexibility index (Phi) is 5.32. The van der Waals surface area contributed by atoms with Gasteiger partial charge in [-0.3, -0.25) is 0 Å². The molecule has 0 bridgehead atoms. The third-order valence-corrected chi connectivity index (χ3v) is 4.35. The molecule has 0 heterocycles. The highest BCUT2D eigenvalue weighted by molar-refractivity contribution is 7.90. The molecule has 0 saturated heterocycles. The van der Waals surface area contributed by atoms with E-state index in [0.717, 1.165) is 11.1 Å². The van der Waals surface area contributed by atoms with E-state index in [1.54, 1.807) is 12.1 Å². The lowest BCUT2D eigenvalue weighted by Crippen LogP contribution is -2.27. The van der Waals surface area contributed by atoms with E-state index in [9.17, 15) is 12.8 Å². The summed E-state index contributed by atoms with van der Waals surface area (Å²) in [4.78, 5) is 0. The van der Waals surface area contributed by atoms with Crippen molar-refractivity contribution >= 4 is 9.84 Å². The van der Waals surface area contributed by atoms with E-state index in [2.05, 4.69) is 5.32 Å². The third-order valence-electron chi connectivity index (χ3n) is 3.41. The topological polar surface area (TPSA) is 46.2 Å². The Morgan fingerprint density at radius 2 is 1.82 bits per heavy atom. The summed E-state index contributed by atoms with van der Waals surface area (Å²) in [6, 6.07) is 13.9. The molecule has 2 rings (SSSR count). The summed E-state index contributed by atoms with van der Waals surface area (Å²) in [5.74, 6) is -0.311. The molecule has 1 N–H and O–H groups in total. The fraction of sp³-hybridized carbons (Fsp3) is 0.294. The van der Waals surface area contributed by atoms with Crippen LogP contribution in [0.3, 0.4) is 0 Å². The molecule has 0 saturated carbocycles. The fourth-order valence-electron chi connectivity index (χ4n) is 2.33. The summed E-state index contributed by atoms with van der Waals surface area (Å²) >= 11 is 0. The van der Waals surface area contributed by atoms with Gasteiger partial charge < -0.3 is 5.32 Å². The van der Waals surface area contributed by atoms with Crippen LogP contribution in [0, 0.1) is 12.7 Å². The first-order valence-corrected chi connectivity index (χ1v) is 9.12. The van der Waals surface area contributed by atoms with Gasteiger partial charge in [-0.2, -0.15) is 0 Å². The van der Waals surface area contributed by atoms with Crippen LogP contribution in [-0.4, -0.2) is 20.4 Å². The smallest absolute Gasteiger partial charge is 0.149 e. The molecular weight excluding hydrogens is 301 g/mol. The number of sulfone groups is 1. The minimum absolute atomic E-state index is 0.0234. The quantitative estimate of drug-likeness (QED) is 0.889. The molecule has 3 nitrogen and oxygen atoms in total. The van der Waals surface area contributed by atoms with Gasteiger partial charge in [-0.25, -0.2) is 12.8 Å². The van der Waals surface area contributed by atoms with E-state index >= 15 is 0 Å². The maximum absolute atomic E-state index is 13.8. The van der Waals surface area contributed by atoms with Gasteiger partial charge >= 0.3 is 0 Å². The van der Waals surface area contributed by atoms with Gasteiger partial charge in [0.05, 0.1) is 5.75 Å². The highest BCUT2D eigenvalue weighted by atomic mass is 32.2. The van der Waals surface area contributed by atoms with Gasteiger partial charge in [0, 0.05) is 24.4 Å². The first-order valence-electron chi connectivity index (χ1n) is 7.06. The van der Waals surface area contributed by atoms with Crippen LogP contribution < -0.4 is 5.32 Å². The summed E-state index contributed by atoms with van der Waals surface area (Å²) in [6.07, 6.45) is 1.21. The molecular formula is C17H20FNO2S. The standard InChI is InChI=1S/C17H20FNO2S/c1-13-8-9-16(18)15(10-13)11-19-17(12-22(2,20)21)14-6-4-3-5-7-14/h3-10,17,19H,11-12H2,1-2H3/t17-/m1/s1. The van der Waals surface area contributed by atoms with Crippen molar-refractivity contribution in [1.82, 2.24) is 5.32 Å². The zero-order valence-electron chi connectivity index (χ0n) is 12.7. The number of aryl methyl sites for hydroxylation is 1. The molecule has 0 radical (unpaired) electrons. The molecule has 2 aromatic carbocycles. The molecule has 1 atom stereocenters. The highest BCUT2D eigenvalue weighted by Crippen LogP contribution is 2.17. The van der Waals surface area contributed by atoms with Gasteiger partial charge in [0.15, 0.2) is 0 Å². The summed E-state index contributed by atoms with van der Waals surface area (Å²) in [7, 11) is -3.15. The molecule has 0 unspecified atom stereocenters. The van der Waals surface area contributed by atoms with Crippen LogP contribution in [0.4, 0.5) is 4.39 Å². The second-order valence-electron chi connectivity index (χ2n) is 5.53. The summed E-state index contributed by atoms with van der Waals surface area (Å²) < 4.78 is 37.1. The first-order chi connectivity index (χ1) is 10.3. The lowest BCUT2D eigenvalue weighted by molar-refractivity contribution is 0.533. The lowest BCUT2D eigenvalue weighted by atomic mass is 10.1. The predicted octanol–water partition coefficient (Wildman–Crippen LogP) is 3.01. The van der Waals surface area contributed by atoms with E-state index in [-0.39, 0.29) is 24.2 Å². The molecule has 0 aliphatic rings. The summed E-state index contributed by atoms with van der Waals surface area (Å²) in [5.41, 5.74) is 2.38. The van der Waals surface area contributed by atoms with E-state index in [1.807, 2.05) is 37.3 Å². The summed E-state index contributed by atoms with van der Waals surface area (Å²) in [6.45, 7) is 2.18. The largest absolute Gasteiger partial charge is 0.305 e. The Labute approximate surface area is 131 Å². The average molecular weight is 321 g/mol. The Hall–Kier alpha value is -1.72. The highest BCUT2D eigenvalue weighted by Gasteiger charge is 2.17. The third kappa shape index (κ3) is 4.93. The zero-order valence-corrected chi connectivity index (χ0v) is 13.5. The molecule has 2 aromatic rings. The van der Waals surface area contributed by atoms with Crippen molar-refractivity contribution in [2.24, 2.45) is 0 Å². The Morgan fingerprint density at radius 1 is 1.14 bits per heavy atom. The van der Waals surface area contributed by atoms with E-state index in [0.29, 0.717) is 5.56 Å². The van der Waals surface area contributed by atoms with Gasteiger partial charge in [-0.1, -0.05) is 48.0 Å². The zero-order chi connectivity index (χ0) is 16.2. The van der Waals surface area contributed by atoms with Crippen LogP contribution in [-0.2, 0) is 16.4 Å². The number of nitrogens with one attached hydrogen (secondary N) is 1. The van der Waals surface area contributed by atoms with Crippen LogP contribution >= 0.6 is 0 Å². The molecule has 0 aliphatic carbocycles. The van der Waals surface area contributed by atoms with Crippen molar-refractivity contribution in [2.75, 3.05) is 12.0 Å². The van der Waals surface area contributed by atoms with Gasteiger partial charge in [0.2, 0.25) is 0 Å². The Balaban J connectivity index is 2.18. The van der Waals surface area contributed by atoms with Crippen molar-refractivity contribution in [2.45, 2.75) is 19.5 Å². The van der Waals surface area contributed by atoms with Gasteiger partial charge in [0.25, 0.3) is 0 Å². The van der Waals surface area contributed by atoms with Crippen molar-refractivity contribution in [3.8, 4) is 0 Å². The van der Waals surface area contributed by atoms with E-state index in [1.165, 1.54) is 12.3 Å². The number of rotatable bonds is 6. The van der Waals surface area contributed by atoms with Crippen molar-refractivity contribution in [3.05, 3.63) is 71.0 Å². The van der Waals surface area contributed by atoms with Crippen LogP contribution in [0.1, 0.15) is 22.7 Å². The number of hydrogen-bond donors (Lipinski definition) is 1. The molecule has 0 aromatic heterocycles. The van der Waals surface area contributed by atoms with Crippen LogP contribution in [0.25, 0.3) is 0 Å². The maximum atomic E-state index is 13.8. The molecule has 5 heteroatoms. The number of halogens is 1. The van der Waals surface area contributed by atoms with E-state index < -0.39 is 9.84 Å². The molecule has 0 amide bonds. The van der Waals surface area contributed by atoms with Gasteiger partial charge in [0.1, 0.15) is 15.7 Å². The minimum Gasteiger partial charge on any atom is -0.305 e.